The van der Waals surface area contributed by atoms with Gasteiger partial charge >= 0.3 is 30.3 Å². The third kappa shape index (κ3) is 31.6. The number of carbonyl (C=O) groups is 10. The van der Waals surface area contributed by atoms with E-state index in [0.29, 0.717) is 29.4 Å². The number of aldehydes is 2. The van der Waals surface area contributed by atoms with Crippen LogP contribution in [0.4, 0.5) is 33.8 Å². The first-order valence-corrected chi connectivity index (χ1v) is 27.4. The normalized spacial score (nSPS) is 12.5. The highest BCUT2D eigenvalue weighted by atomic mass is 35.5. The molecule has 7 amide bonds. The number of carbonyl (C=O) groups excluding carboxylic acids is 9. The Morgan fingerprint density at radius 2 is 0.953 bits per heavy atom. The van der Waals surface area contributed by atoms with Gasteiger partial charge in [0.25, 0.3) is 0 Å². The Morgan fingerprint density at radius 3 is 1.27 bits per heavy atom. The van der Waals surface area contributed by atoms with Gasteiger partial charge in [0.15, 0.2) is 22.8 Å². The van der Waals surface area contributed by atoms with Crippen LogP contribution >= 0.6 is 35.1 Å². The standard InChI is InChI=1S/C27H37N5O8S.C18H27N3O7S.C9H12N2O2.CH3F.ClH/c1-26(2,3)39-24(37)31-19(22(36)30-20(21(28)35)13-16-7-9-17(34)10-8-16)11-12-32(25(38)40-27(4,5)6)23-29-14-18(15-33)41-23;1-17(2,3)27-15(25)20-12(13(23)24)7-8-21(16(26)28-18(4,5)6)14-19-9-11(10-22)29-14;10-8(9(11)13)5-6-1-3-7(12)4-2-6;1-2;/h7-10,14-15,19-20,34H,11-13H2,1-6H3,(H2,28,35)(H,30,36)(H,31,37);9-10,12H,7-8H2,1-6H3,(H,20,25)(H,23,24);1-4,8,12H,5,10H2,(H2,11,13);1H3;1H/t19-,20-;12-;8-;;/m000../s1/i;;;1D;. The van der Waals surface area contributed by atoms with Crippen LogP contribution < -0.4 is 43.0 Å². The number of phenolic OH excluding ortho intramolecular Hbond substituents is 2. The molecule has 0 aliphatic heterocycles. The number of carboxylic acid groups (broad SMARTS) is 1. The van der Waals surface area contributed by atoms with Gasteiger partial charge in [-0.25, -0.2) is 33.9 Å². The van der Waals surface area contributed by atoms with Crippen LogP contribution in [0.25, 0.3) is 0 Å². The van der Waals surface area contributed by atoms with Gasteiger partial charge in [-0.2, -0.15) is 0 Å². The maximum atomic E-state index is 13.4. The number of amides is 7. The first-order valence-electron chi connectivity index (χ1n) is 26.5. The summed E-state index contributed by atoms with van der Waals surface area (Å²) in [6.45, 7) is 19.7. The molecular formula is C55H80ClFN10O17S2. The second-order valence-corrected chi connectivity index (χ2v) is 24.2. The number of rotatable bonds is 21. The van der Waals surface area contributed by atoms with E-state index < -0.39 is 102 Å². The molecule has 2 aromatic carbocycles. The zero-order valence-electron chi connectivity index (χ0n) is 50.9. The van der Waals surface area contributed by atoms with Crippen LogP contribution in [-0.2, 0) is 51.0 Å². The van der Waals surface area contributed by atoms with E-state index in [0.717, 1.165) is 38.0 Å². The lowest BCUT2D eigenvalue weighted by molar-refractivity contribution is -0.139. The highest BCUT2D eigenvalue weighted by Gasteiger charge is 2.33. The van der Waals surface area contributed by atoms with E-state index in [-0.39, 0.29) is 71.4 Å². The number of benzene rings is 2. The van der Waals surface area contributed by atoms with Crippen LogP contribution in [0, 0.1) is 0 Å². The number of aromatic nitrogens is 2. The molecule has 31 heteroatoms. The lowest BCUT2D eigenvalue weighted by atomic mass is 10.0. The fourth-order valence-electron chi connectivity index (χ4n) is 6.37. The quantitative estimate of drug-likeness (QED) is 0.0309. The number of nitrogens with two attached hydrogens (primary N) is 3. The maximum Gasteiger partial charge on any atom is 0.416 e. The molecule has 0 fully saturated rings. The molecule has 0 radical (unpaired) electrons. The summed E-state index contributed by atoms with van der Waals surface area (Å²) in [5, 5.41) is 35.5. The lowest BCUT2D eigenvalue weighted by Gasteiger charge is -2.28. The van der Waals surface area contributed by atoms with Gasteiger partial charge in [0.1, 0.15) is 52.0 Å². The fraction of sp³-hybridized carbons (Fsp3) is 0.491. The van der Waals surface area contributed by atoms with Gasteiger partial charge in [-0.05, 0) is 138 Å². The molecule has 4 rings (SSSR count). The van der Waals surface area contributed by atoms with E-state index in [1.54, 1.807) is 119 Å². The predicted molar refractivity (Wildman–Crippen MR) is 322 cm³/mol. The van der Waals surface area contributed by atoms with Gasteiger partial charge in [0.05, 0.1) is 36.7 Å². The van der Waals surface area contributed by atoms with Gasteiger partial charge in [-0.3, -0.25) is 38.2 Å². The summed E-state index contributed by atoms with van der Waals surface area (Å²) < 4.78 is 36.7. The first-order chi connectivity index (χ1) is 39.7. The van der Waals surface area contributed by atoms with Crippen molar-refractivity contribution in [3.05, 3.63) is 81.8 Å². The first kappa shape index (κ1) is 75.8. The van der Waals surface area contributed by atoms with Crippen LogP contribution in [0.3, 0.4) is 0 Å². The number of phenols is 2. The Morgan fingerprint density at radius 1 is 0.605 bits per heavy atom. The molecule has 0 saturated carbocycles. The number of nitrogens with zero attached hydrogens (tertiary/aromatic N) is 4. The minimum Gasteiger partial charge on any atom is -0.508 e. The second kappa shape index (κ2) is 35.9. The van der Waals surface area contributed by atoms with Crippen molar-refractivity contribution >= 4 is 106 Å². The SMILES string of the molecule is CC(C)(C)OC(=O)N[C@@H](CCN(C(=O)OC(C)(C)C)c1ncc(C=O)s1)C(=O)N[C@@H](Cc1ccc(O)cc1)C(N)=O.CC(C)(C)OC(=O)N[C@@H](CCN(C(=O)OC(C)(C)C)c1ncc(C=O)s1)C(=O)O.Cl.NC(=O)[C@@H](N)Cc1ccc(O)cc1.[2H]CF. The van der Waals surface area contributed by atoms with Crippen molar-refractivity contribution in [1.29, 1.82) is 0 Å². The number of alkyl carbamates (subject to hydrolysis) is 2. The van der Waals surface area contributed by atoms with E-state index in [2.05, 4.69) is 25.9 Å². The summed E-state index contributed by atoms with van der Waals surface area (Å²) in [5.41, 5.74) is 14.2. The maximum absolute atomic E-state index is 13.4. The average Bonchev–Trinajstić information content (AvgIpc) is 4.23. The van der Waals surface area contributed by atoms with Crippen molar-refractivity contribution in [2.24, 2.45) is 17.2 Å². The Hall–Kier alpha value is -8.22. The summed E-state index contributed by atoms with van der Waals surface area (Å²) in [7, 11) is -1.00. The summed E-state index contributed by atoms with van der Waals surface area (Å²) in [5.74, 6) is -3.15. The van der Waals surface area contributed by atoms with Crippen LogP contribution in [0.2, 0.25) is 0 Å². The van der Waals surface area contributed by atoms with Crippen molar-refractivity contribution in [3.63, 3.8) is 0 Å². The number of hydrogen-bond donors (Lipinski definition) is 9. The molecule has 2 heterocycles. The van der Waals surface area contributed by atoms with E-state index in [9.17, 15) is 62.5 Å². The van der Waals surface area contributed by atoms with Crippen LogP contribution in [0.15, 0.2) is 60.9 Å². The minimum atomic E-state index is -1.31. The molecule has 27 nitrogen and oxygen atoms in total. The number of anilines is 2. The highest BCUT2D eigenvalue weighted by molar-refractivity contribution is 7.17. The number of halogens is 2. The van der Waals surface area contributed by atoms with Gasteiger partial charge in [0.2, 0.25) is 17.7 Å². The van der Waals surface area contributed by atoms with Gasteiger partial charge in [-0.15, -0.1) is 12.4 Å². The molecule has 0 aliphatic rings. The molecule has 0 saturated heterocycles. The van der Waals surface area contributed by atoms with Crippen molar-refractivity contribution < 1.29 is 88.0 Å². The number of aliphatic carboxylic acids is 1. The van der Waals surface area contributed by atoms with Gasteiger partial charge in [-0.1, -0.05) is 46.9 Å². The Labute approximate surface area is 513 Å². The summed E-state index contributed by atoms with van der Waals surface area (Å²) in [6, 6.07) is 8.13. The van der Waals surface area contributed by atoms with Crippen molar-refractivity contribution in [2.45, 2.75) is 155 Å². The smallest absolute Gasteiger partial charge is 0.416 e. The molecule has 12 N–H and O–H groups in total. The number of hydrogen-bond acceptors (Lipinski definition) is 21. The Bertz CT molecular complexity index is 2880. The topological polar surface area (TPSA) is 415 Å². The average molecular weight is 1270 g/mol. The molecule has 2 aromatic heterocycles. The number of thiazole rings is 2. The zero-order valence-corrected chi connectivity index (χ0v) is 52.3. The third-order valence-electron chi connectivity index (χ3n) is 10.0. The molecule has 86 heavy (non-hydrogen) atoms. The lowest BCUT2D eigenvalue weighted by Crippen LogP contribution is -2.55. The molecule has 0 aliphatic carbocycles. The van der Waals surface area contributed by atoms with Gasteiger partial charge < -0.3 is 67.4 Å². The van der Waals surface area contributed by atoms with E-state index in [4.69, 9.17) is 42.6 Å². The fourth-order valence-corrected chi connectivity index (χ4v) is 7.86. The molecule has 0 spiro atoms. The molecule has 4 aromatic rings. The second-order valence-electron chi connectivity index (χ2n) is 22.1. The third-order valence-corrected chi connectivity index (χ3v) is 11.9. The Balaban J connectivity index is 0.00000139. The summed E-state index contributed by atoms with van der Waals surface area (Å²) in [4.78, 5) is 131. The molecular weight excluding hydrogens is 1190 g/mol. The predicted octanol–water partition coefficient (Wildman–Crippen LogP) is 6.72. The number of alkyl halides is 1. The number of nitrogens with one attached hydrogen (secondary N) is 3. The van der Waals surface area contributed by atoms with Crippen LogP contribution in [-0.4, -0.2) is 153 Å². The largest absolute Gasteiger partial charge is 0.508 e. The van der Waals surface area contributed by atoms with Gasteiger partial charge in [0, 0.05) is 19.5 Å². The molecule has 478 valence electrons. The van der Waals surface area contributed by atoms with Crippen molar-refractivity contribution in [2.75, 3.05) is 30.0 Å². The minimum absolute atomic E-state index is 0. The molecule has 4 atom stereocenters. The molecule has 0 bridgehead atoms. The van der Waals surface area contributed by atoms with Crippen LogP contribution in [0.5, 0.6) is 11.5 Å². The number of ether oxygens (including phenoxy) is 4. The van der Waals surface area contributed by atoms with E-state index in [1.165, 1.54) is 24.5 Å². The van der Waals surface area contributed by atoms with E-state index >= 15 is 0 Å². The monoisotopic (exact) mass is 1270 g/mol. The number of aromatic hydroxyl groups is 2. The molecule has 0 unspecified atom stereocenters. The zero-order chi connectivity index (χ0) is 65.9. The summed E-state index contributed by atoms with van der Waals surface area (Å²) >= 11 is 1.91. The Kier molecular flexibility index (Phi) is 31.7. The van der Waals surface area contributed by atoms with Crippen molar-refractivity contribution in [3.8, 4) is 11.5 Å². The number of carboxylic acids is 1. The van der Waals surface area contributed by atoms with Crippen molar-refractivity contribution in [1.82, 2.24) is 25.9 Å². The number of primary amides is 2. The van der Waals surface area contributed by atoms with Crippen LogP contribution in [0.1, 0.15) is 128 Å². The van der Waals surface area contributed by atoms with E-state index in [1.807, 2.05) is 0 Å². The summed E-state index contributed by atoms with van der Waals surface area (Å²) in [6.07, 6.45) is 0.633. The highest BCUT2D eigenvalue weighted by Crippen LogP contribution is 2.26.